The Labute approximate surface area is 202 Å². The summed E-state index contributed by atoms with van der Waals surface area (Å²) in [6.07, 6.45) is 13.1. The molecule has 0 aliphatic heterocycles. The second kappa shape index (κ2) is 8.15. The van der Waals surface area contributed by atoms with Gasteiger partial charge < -0.3 is 5.32 Å². The van der Waals surface area contributed by atoms with E-state index in [-0.39, 0.29) is 6.04 Å². The van der Waals surface area contributed by atoms with Crippen LogP contribution >= 0.6 is 0 Å². The first-order valence-electron chi connectivity index (χ1n) is 11.6. The highest BCUT2D eigenvalue weighted by Gasteiger charge is 2.27. The molecule has 0 unspecified atom stereocenters. The number of anilines is 2. The monoisotopic (exact) mass is 466 g/mol. The number of nitrogens with one attached hydrogen (secondary N) is 1. The van der Waals surface area contributed by atoms with Crippen molar-refractivity contribution in [2.75, 3.05) is 5.32 Å². The summed E-state index contributed by atoms with van der Waals surface area (Å²) in [4.78, 5) is 14.2. The van der Waals surface area contributed by atoms with Gasteiger partial charge in [0.15, 0.2) is 0 Å². The van der Waals surface area contributed by atoms with E-state index in [9.17, 15) is 0 Å². The highest BCUT2D eigenvalue weighted by Crippen LogP contribution is 2.39. The molecule has 35 heavy (non-hydrogen) atoms. The van der Waals surface area contributed by atoms with Crippen molar-refractivity contribution in [3.63, 3.8) is 0 Å². The molecular weight excluding hydrogens is 440 g/mol. The number of nitrogens with zero attached hydrogens (tertiary/aromatic N) is 9. The first-order chi connectivity index (χ1) is 17.0. The fourth-order valence-electron chi connectivity index (χ4n) is 4.53. The van der Waals surface area contributed by atoms with E-state index in [0.29, 0.717) is 5.95 Å². The Hall–Kier alpha value is -4.34. The molecule has 1 N–H and O–H groups in total. The van der Waals surface area contributed by atoms with Gasteiger partial charge >= 0.3 is 0 Å². The summed E-state index contributed by atoms with van der Waals surface area (Å²) in [6.45, 7) is 4.19. The first kappa shape index (κ1) is 21.2. The maximum absolute atomic E-state index is 4.93. The molecular formula is C25H26N10. The Bertz CT molecular complexity index is 1520. The summed E-state index contributed by atoms with van der Waals surface area (Å²) in [6, 6.07) is 4.39. The zero-order valence-corrected chi connectivity index (χ0v) is 20.1. The van der Waals surface area contributed by atoms with Crippen molar-refractivity contribution in [1.29, 1.82) is 0 Å². The van der Waals surface area contributed by atoms with Crippen LogP contribution < -0.4 is 5.32 Å². The minimum atomic E-state index is 0.286. The van der Waals surface area contributed by atoms with Gasteiger partial charge in [-0.3, -0.25) is 19.0 Å². The summed E-state index contributed by atoms with van der Waals surface area (Å²) in [7, 11) is 3.88. The molecule has 6 rings (SSSR count). The van der Waals surface area contributed by atoms with Crippen molar-refractivity contribution < 1.29 is 0 Å². The third-order valence-corrected chi connectivity index (χ3v) is 6.28. The third-order valence-electron chi connectivity index (χ3n) is 6.28. The largest absolute Gasteiger partial charge is 0.321 e. The minimum Gasteiger partial charge on any atom is -0.321 e. The van der Waals surface area contributed by atoms with Crippen LogP contribution in [0.5, 0.6) is 0 Å². The topological polar surface area (TPSA) is 104 Å². The zero-order valence-electron chi connectivity index (χ0n) is 20.1. The Balaban J connectivity index is 1.38. The lowest BCUT2D eigenvalue weighted by Crippen LogP contribution is -2.08. The highest BCUT2D eigenvalue weighted by molar-refractivity contribution is 5.84. The predicted molar refractivity (Wildman–Crippen MR) is 133 cm³/mol. The van der Waals surface area contributed by atoms with Crippen LogP contribution in [-0.4, -0.2) is 44.3 Å². The van der Waals surface area contributed by atoms with Crippen LogP contribution in [0, 0.1) is 0 Å². The van der Waals surface area contributed by atoms with E-state index >= 15 is 0 Å². The van der Waals surface area contributed by atoms with Gasteiger partial charge in [0, 0.05) is 61.6 Å². The fraction of sp³-hybridized carbons (Fsp3) is 0.280. The maximum Gasteiger partial charge on any atom is 0.227 e. The summed E-state index contributed by atoms with van der Waals surface area (Å²) >= 11 is 0. The third kappa shape index (κ3) is 3.76. The summed E-state index contributed by atoms with van der Waals surface area (Å²) in [5.41, 5.74) is 8.86. The van der Waals surface area contributed by atoms with Gasteiger partial charge in [0.25, 0.3) is 0 Å². The van der Waals surface area contributed by atoms with Crippen LogP contribution in [0.15, 0.2) is 49.3 Å². The van der Waals surface area contributed by atoms with E-state index in [1.807, 2.05) is 60.5 Å². The smallest absolute Gasteiger partial charge is 0.227 e. The molecule has 5 aromatic heterocycles. The number of aromatic nitrogens is 9. The van der Waals surface area contributed by atoms with Crippen molar-refractivity contribution in [3.8, 4) is 33.8 Å². The molecule has 10 nitrogen and oxygen atoms in total. The van der Waals surface area contributed by atoms with Crippen LogP contribution in [0.2, 0.25) is 0 Å². The van der Waals surface area contributed by atoms with E-state index in [0.717, 1.165) is 63.6 Å². The lowest BCUT2D eigenvalue weighted by molar-refractivity contribution is 0.532. The first-order valence-corrected chi connectivity index (χ1v) is 11.6. The Morgan fingerprint density at radius 3 is 2.51 bits per heavy atom. The van der Waals surface area contributed by atoms with E-state index in [4.69, 9.17) is 15.1 Å². The average molecular weight is 467 g/mol. The Morgan fingerprint density at radius 1 is 0.914 bits per heavy atom. The van der Waals surface area contributed by atoms with Gasteiger partial charge in [-0.2, -0.15) is 15.3 Å². The second-order valence-corrected chi connectivity index (χ2v) is 9.12. The number of aryl methyl sites for hydroxylation is 4. The zero-order chi connectivity index (χ0) is 24.1. The van der Waals surface area contributed by atoms with Gasteiger partial charge in [0.05, 0.1) is 40.9 Å². The summed E-state index contributed by atoms with van der Waals surface area (Å²) < 4.78 is 5.61. The second-order valence-electron chi connectivity index (χ2n) is 9.12. The SMILES string of the molecule is CC(C)n1cc(Nc2ncc3c(n2)-c2c(nn(C)c2-c2ccc(-c4cnn(C)c4)nc2)CC3)cn1. The molecule has 1 aliphatic carbocycles. The number of fused-ring (bicyclic) bond motifs is 3. The molecule has 1 aliphatic rings. The minimum absolute atomic E-state index is 0.286. The van der Waals surface area contributed by atoms with Crippen molar-refractivity contribution in [3.05, 3.63) is 60.6 Å². The van der Waals surface area contributed by atoms with Crippen molar-refractivity contribution in [2.45, 2.75) is 32.7 Å². The molecule has 0 radical (unpaired) electrons. The number of hydrogen-bond acceptors (Lipinski definition) is 7. The van der Waals surface area contributed by atoms with E-state index in [1.165, 1.54) is 0 Å². The van der Waals surface area contributed by atoms with Crippen molar-refractivity contribution >= 4 is 11.6 Å². The quantitative estimate of drug-likeness (QED) is 0.418. The lowest BCUT2D eigenvalue weighted by Gasteiger charge is -2.16. The predicted octanol–water partition coefficient (Wildman–Crippen LogP) is 3.96. The number of pyridine rings is 1. The molecule has 0 fully saturated rings. The van der Waals surface area contributed by atoms with Crippen LogP contribution in [0.25, 0.3) is 33.8 Å². The molecule has 0 saturated carbocycles. The average Bonchev–Trinajstić information content (AvgIpc) is 3.57. The molecule has 0 spiro atoms. The van der Waals surface area contributed by atoms with Crippen LogP contribution in [0.4, 0.5) is 11.6 Å². The van der Waals surface area contributed by atoms with E-state index < -0.39 is 0 Å². The maximum atomic E-state index is 4.93. The summed E-state index contributed by atoms with van der Waals surface area (Å²) in [5.74, 6) is 0.541. The molecule has 0 atom stereocenters. The molecule has 0 bridgehead atoms. The molecule has 5 aromatic rings. The van der Waals surface area contributed by atoms with Crippen LogP contribution in [-0.2, 0) is 26.9 Å². The van der Waals surface area contributed by atoms with Gasteiger partial charge in [0.1, 0.15) is 0 Å². The van der Waals surface area contributed by atoms with Gasteiger partial charge in [-0.15, -0.1) is 0 Å². The highest BCUT2D eigenvalue weighted by atomic mass is 15.3. The van der Waals surface area contributed by atoms with Gasteiger partial charge in [-0.1, -0.05) is 0 Å². The fourth-order valence-corrected chi connectivity index (χ4v) is 4.53. The molecule has 10 heteroatoms. The van der Waals surface area contributed by atoms with Crippen molar-refractivity contribution in [1.82, 2.24) is 44.3 Å². The Morgan fingerprint density at radius 2 is 1.80 bits per heavy atom. The molecule has 176 valence electrons. The Kier molecular flexibility index (Phi) is 4.94. The van der Waals surface area contributed by atoms with E-state index in [1.54, 1.807) is 10.9 Å². The van der Waals surface area contributed by atoms with Gasteiger partial charge in [0.2, 0.25) is 5.95 Å². The molecule has 0 aromatic carbocycles. The van der Waals surface area contributed by atoms with Crippen LogP contribution in [0.1, 0.15) is 31.1 Å². The molecule has 0 amide bonds. The number of rotatable bonds is 5. The van der Waals surface area contributed by atoms with Crippen LogP contribution in [0.3, 0.4) is 0 Å². The molecule has 5 heterocycles. The van der Waals surface area contributed by atoms with E-state index in [2.05, 4.69) is 40.4 Å². The van der Waals surface area contributed by atoms with Gasteiger partial charge in [-0.05, 0) is 44.4 Å². The summed E-state index contributed by atoms with van der Waals surface area (Å²) in [5, 5.41) is 16.8. The lowest BCUT2D eigenvalue weighted by atomic mass is 9.92. The van der Waals surface area contributed by atoms with Gasteiger partial charge in [-0.25, -0.2) is 9.97 Å². The standard InChI is InChI=1S/C25H26N10/c1-15(2)35-14-19(12-29-35)30-25-27-9-16-5-8-21-22(23(16)31-25)24(34(4)32-21)17-6-7-20(26-10-17)18-11-28-33(3)13-18/h6-7,9-15H,5,8H2,1-4H3,(H,27,30,31). The number of hydrogen-bond donors (Lipinski definition) is 1. The molecule has 0 saturated heterocycles. The normalized spacial score (nSPS) is 12.6. The van der Waals surface area contributed by atoms with Crippen molar-refractivity contribution in [2.24, 2.45) is 14.1 Å².